The molecule has 0 spiro atoms. The van der Waals surface area contributed by atoms with Gasteiger partial charge in [0.25, 0.3) is 5.91 Å². The maximum absolute atomic E-state index is 12.4. The van der Waals surface area contributed by atoms with Crippen LogP contribution in [0.3, 0.4) is 0 Å². The molecule has 0 atom stereocenters. The number of benzene rings is 1. The van der Waals surface area contributed by atoms with Crippen molar-refractivity contribution in [3.05, 3.63) is 23.8 Å². The van der Waals surface area contributed by atoms with Gasteiger partial charge in [-0.3, -0.25) is 4.79 Å². The van der Waals surface area contributed by atoms with Gasteiger partial charge in [-0.15, -0.1) is 0 Å². The Kier molecular flexibility index (Phi) is 6.01. The molecule has 0 fully saturated rings. The molecule has 0 saturated carbocycles. The molecule has 5 nitrogen and oxygen atoms in total. The second kappa shape index (κ2) is 7.52. The minimum Gasteiger partial charge on any atom is -0.493 e. The first-order valence-electron chi connectivity index (χ1n) is 5.49. The lowest BCUT2D eigenvalue weighted by Gasteiger charge is -2.14. The Morgan fingerprint density at radius 1 is 1.37 bits per heavy atom. The quantitative estimate of drug-likeness (QED) is 0.769. The molecule has 0 unspecified atom stereocenters. The number of nitrogens with one attached hydrogen (secondary N) is 1. The normalized spacial score (nSPS) is 10.4. The van der Waals surface area contributed by atoms with E-state index in [1.165, 1.54) is 32.4 Å². The molecule has 7 heteroatoms. The Morgan fingerprint density at radius 2 is 2.11 bits per heavy atom. The van der Waals surface area contributed by atoms with Crippen LogP contribution in [0.2, 0.25) is 0 Å². The molecule has 1 aromatic carbocycles. The highest BCUT2D eigenvalue weighted by Gasteiger charge is 2.19. The van der Waals surface area contributed by atoms with Gasteiger partial charge in [0.1, 0.15) is 0 Å². The fourth-order valence-corrected chi connectivity index (χ4v) is 1.43. The maximum atomic E-state index is 12.4. The predicted octanol–water partition coefficient (Wildman–Crippen LogP) is 1.67. The monoisotopic (exact) mass is 275 g/mol. The Balaban J connectivity index is 2.94. The van der Waals surface area contributed by atoms with Gasteiger partial charge in [-0.2, -0.15) is 8.78 Å². The minimum absolute atomic E-state index is 0.0178. The number of carbonyl (C=O) groups is 1. The summed E-state index contributed by atoms with van der Waals surface area (Å²) in [5.41, 5.74) is -0.0178. The lowest BCUT2D eigenvalue weighted by molar-refractivity contribution is -0.0515. The summed E-state index contributed by atoms with van der Waals surface area (Å²) in [6, 6.07) is 4.33. The van der Waals surface area contributed by atoms with Gasteiger partial charge in [-0.1, -0.05) is 6.07 Å². The van der Waals surface area contributed by atoms with E-state index in [4.69, 9.17) is 9.47 Å². The second-order valence-corrected chi connectivity index (χ2v) is 3.46. The number of amides is 1. The average Bonchev–Trinajstić information content (AvgIpc) is 2.38. The molecule has 19 heavy (non-hydrogen) atoms. The van der Waals surface area contributed by atoms with E-state index in [1.54, 1.807) is 0 Å². The number of hydrogen-bond donors (Lipinski definition) is 1. The summed E-state index contributed by atoms with van der Waals surface area (Å²) in [6.45, 7) is -2.46. The Morgan fingerprint density at radius 3 is 2.68 bits per heavy atom. The molecule has 0 radical (unpaired) electrons. The van der Waals surface area contributed by atoms with Crippen LogP contribution in [0.25, 0.3) is 0 Å². The fraction of sp³-hybridized carbons (Fsp3) is 0.417. The lowest BCUT2D eigenvalue weighted by Crippen LogP contribution is -2.27. The van der Waals surface area contributed by atoms with Crippen molar-refractivity contribution in [2.24, 2.45) is 0 Å². The van der Waals surface area contributed by atoms with E-state index >= 15 is 0 Å². The molecule has 0 aliphatic heterocycles. The number of hydrogen-bond acceptors (Lipinski definition) is 4. The van der Waals surface area contributed by atoms with Crippen molar-refractivity contribution in [1.82, 2.24) is 5.32 Å². The molecular weight excluding hydrogens is 260 g/mol. The number of alkyl halides is 2. The summed E-state index contributed by atoms with van der Waals surface area (Å²) in [4.78, 5) is 11.8. The Bertz CT molecular complexity index is 426. The number of methoxy groups -OCH3 is 2. The van der Waals surface area contributed by atoms with Crippen molar-refractivity contribution < 1.29 is 27.8 Å². The van der Waals surface area contributed by atoms with Crippen LogP contribution in [0.15, 0.2) is 18.2 Å². The van der Waals surface area contributed by atoms with Gasteiger partial charge in [0.15, 0.2) is 11.5 Å². The zero-order valence-electron chi connectivity index (χ0n) is 10.6. The molecule has 1 N–H and O–H groups in total. The third kappa shape index (κ3) is 4.36. The summed E-state index contributed by atoms with van der Waals surface area (Å²) in [6.07, 6.45) is 0. The third-order valence-corrected chi connectivity index (χ3v) is 2.24. The Hall–Kier alpha value is -1.89. The van der Waals surface area contributed by atoms with Crippen molar-refractivity contribution in [3.8, 4) is 11.5 Å². The van der Waals surface area contributed by atoms with E-state index < -0.39 is 12.5 Å². The number of rotatable bonds is 7. The van der Waals surface area contributed by atoms with Gasteiger partial charge in [-0.05, 0) is 12.1 Å². The summed E-state index contributed by atoms with van der Waals surface area (Å²) in [7, 11) is 2.79. The highest BCUT2D eigenvalue weighted by Crippen LogP contribution is 2.32. The molecule has 1 aromatic rings. The predicted molar refractivity (Wildman–Crippen MR) is 63.8 cm³/mol. The molecule has 106 valence electrons. The number of halogens is 2. The highest BCUT2D eigenvalue weighted by atomic mass is 19.3. The van der Waals surface area contributed by atoms with Crippen LogP contribution >= 0.6 is 0 Å². The molecular formula is C12H15F2NO4. The van der Waals surface area contributed by atoms with Crippen LogP contribution < -0.4 is 14.8 Å². The molecule has 0 aromatic heterocycles. The van der Waals surface area contributed by atoms with Gasteiger partial charge in [0, 0.05) is 13.7 Å². The summed E-state index contributed by atoms with van der Waals surface area (Å²) in [5.74, 6) is -0.749. The topological polar surface area (TPSA) is 56.8 Å². The zero-order chi connectivity index (χ0) is 14.3. The first-order valence-corrected chi connectivity index (χ1v) is 5.49. The molecule has 0 bridgehead atoms. The van der Waals surface area contributed by atoms with Crippen LogP contribution in [0.4, 0.5) is 8.78 Å². The minimum atomic E-state index is -3.04. The maximum Gasteiger partial charge on any atom is 0.387 e. The van der Waals surface area contributed by atoms with E-state index in [-0.39, 0.29) is 23.6 Å². The molecule has 0 saturated heterocycles. The van der Waals surface area contributed by atoms with Crippen LogP contribution in [0, 0.1) is 0 Å². The van der Waals surface area contributed by atoms with Crippen LogP contribution in [-0.4, -0.2) is 39.9 Å². The van der Waals surface area contributed by atoms with Crippen LogP contribution in [-0.2, 0) is 4.74 Å². The molecule has 1 rings (SSSR count). The largest absolute Gasteiger partial charge is 0.493 e. The average molecular weight is 275 g/mol. The van der Waals surface area contributed by atoms with E-state index in [2.05, 4.69) is 10.1 Å². The van der Waals surface area contributed by atoms with Crippen molar-refractivity contribution in [2.75, 3.05) is 27.4 Å². The summed E-state index contributed by atoms with van der Waals surface area (Å²) in [5, 5.41) is 2.52. The molecule has 0 aliphatic carbocycles. The molecule has 1 amide bonds. The van der Waals surface area contributed by atoms with Crippen molar-refractivity contribution in [2.45, 2.75) is 6.61 Å². The SMILES string of the molecule is COCCNC(=O)c1cccc(OC)c1OC(F)F. The smallest absolute Gasteiger partial charge is 0.387 e. The lowest BCUT2D eigenvalue weighted by atomic mass is 10.1. The number of ether oxygens (including phenoxy) is 3. The Labute approximate surface area is 109 Å². The molecule has 0 aliphatic rings. The zero-order valence-corrected chi connectivity index (χ0v) is 10.6. The van der Waals surface area contributed by atoms with Gasteiger partial charge in [-0.25, -0.2) is 0 Å². The fourth-order valence-electron chi connectivity index (χ4n) is 1.43. The van der Waals surface area contributed by atoms with Crippen molar-refractivity contribution >= 4 is 5.91 Å². The standard InChI is InChI=1S/C12H15F2NO4/c1-17-7-6-15-11(16)8-4-3-5-9(18-2)10(8)19-12(13)14/h3-5,12H,6-7H2,1-2H3,(H,15,16). The van der Waals surface area contributed by atoms with Crippen LogP contribution in [0.1, 0.15) is 10.4 Å². The van der Waals surface area contributed by atoms with E-state index in [9.17, 15) is 13.6 Å². The van der Waals surface area contributed by atoms with Crippen molar-refractivity contribution in [3.63, 3.8) is 0 Å². The van der Waals surface area contributed by atoms with Gasteiger partial charge in [0.05, 0.1) is 19.3 Å². The first-order chi connectivity index (χ1) is 9.10. The molecule has 0 heterocycles. The van der Waals surface area contributed by atoms with E-state index in [0.717, 1.165) is 0 Å². The highest BCUT2D eigenvalue weighted by molar-refractivity contribution is 5.97. The number of para-hydroxylation sites is 1. The summed E-state index contributed by atoms with van der Waals surface area (Å²) < 4.78 is 38.7. The van der Waals surface area contributed by atoms with Gasteiger partial charge >= 0.3 is 6.61 Å². The first kappa shape index (κ1) is 15.2. The van der Waals surface area contributed by atoms with Crippen molar-refractivity contribution in [1.29, 1.82) is 0 Å². The van der Waals surface area contributed by atoms with E-state index in [1.807, 2.05) is 0 Å². The van der Waals surface area contributed by atoms with Crippen LogP contribution in [0.5, 0.6) is 11.5 Å². The number of carbonyl (C=O) groups excluding carboxylic acids is 1. The summed E-state index contributed by atoms with van der Waals surface area (Å²) >= 11 is 0. The van der Waals surface area contributed by atoms with Gasteiger partial charge < -0.3 is 19.5 Å². The van der Waals surface area contributed by atoms with E-state index in [0.29, 0.717) is 6.61 Å². The third-order valence-electron chi connectivity index (χ3n) is 2.24. The van der Waals surface area contributed by atoms with Gasteiger partial charge in [0.2, 0.25) is 0 Å². The second-order valence-electron chi connectivity index (χ2n) is 3.46.